The molecule has 0 aliphatic carbocycles. The van der Waals surface area contributed by atoms with Gasteiger partial charge in [0.2, 0.25) is 21.8 Å². The Morgan fingerprint density at radius 1 is 1.06 bits per heavy atom. The van der Waals surface area contributed by atoms with Gasteiger partial charge in [0.15, 0.2) is 0 Å². The van der Waals surface area contributed by atoms with Gasteiger partial charge in [0.1, 0.15) is 0 Å². The molecule has 0 saturated carbocycles. The predicted octanol–water partition coefficient (Wildman–Crippen LogP) is 3.10. The van der Waals surface area contributed by atoms with Gasteiger partial charge in [-0.3, -0.25) is 9.59 Å². The molecule has 0 bridgehead atoms. The average molecular weight is 444 g/mol. The Morgan fingerprint density at radius 2 is 1.68 bits per heavy atom. The van der Waals surface area contributed by atoms with E-state index < -0.39 is 10.0 Å². The minimum atomic E-state index is -3.76. The molecule has 0 spiro atoms. The van der Waals surface area contributed by atoms with Gasteiger partial charge in [-0.25, -0.2) is 13.6 Å². The Bertz CT molecular complexity index is 999. The lowest BCUT2D eigenvalue weighted by Crippen LogP contribution is -2.43. The summed E-state index contributed by atoms with van der Waals surface area (Å²) in [6, 6.07) is 15.6. The van der Waals surface area contributed by atoms with Crippen LogP contribution in [0.1, 0.15) is 44.1 Å². The van der Waals surface area contributed by atoms with Gasteiger partial charge < -0.3 is 10.2 Å². The number of hydrogen-bond acceptors (Lipinski definition) is 4. The van der Waals surface area contributed by atoms with E-state index in [1.807, 2.05) is 35.2 Å². The van der Waals surface area contributed by atoms with Gasteiger partial charge >= 0.3 is 0 Å². The molecule has 1 atom stereocenters. The van der Waals surface area contributed by atoms with Crippen molar-refractivity contribution in [2.45, 2.75) is 43.4 Å². The monoisotopic (exact) mass is 443 g/mol. The lowest BCUT2D eigenvalue weighted by Gasteiger charge is -2.34. The van der Waals surface area contributed by atoms with Crippen LogP contribution in [0.2, 0.25) is 0 Å². The highest BCUT2D eigenvalue weighted by atomic mass is 32.2. The van der Waals surface area contributed by atoms with Crippen molar-refractivity contribution in [2.75, 3.05) is 18.4 Å². The molecule has 1 heterocycles. The van der Waals surface area contributed by atoms with Crippen molar-refractivity contribution >= 4 is 27.5 Å². The maximum Gasteiger partial charge on any atom is 0.238 e. The quantitative estimate of drug-likeness (QED) is 0.685. The van der Waals surface area contributed by atoms with Crippen LogP contribution >= 0.6 is 0 Å². The van der Waals surface area contributed by atoms with Gasteiger partial charge in [0.25, 0.3) is 0 Å². The molecule has 31 heavy (non-hydrogen) atoms. The molecule has 3 rings (SSSR count). The first-order chi connectivity index (χ1) is 14.8. The highest BCUT2D eigenvalue weighted by Gasteiger charge is 2.31. The fourth-order valence-electron chi connectivity index (χ4n) is 3.96. The van der Waals surface area contributed by atoms with Crippen LogP contribution in [0.3, 0.4) is 0 Å². The summed E-state index contributed by atoms with van der Waals surface area (Å²) in [5, 5.41) is 7.92. The molecule has 1 fully saturated rings. The number of benzene rings is 2. The first kappa shape index (κ1) is 23.0. The Morgan fingerprint density at radius 3 is 2.23 bits per heavy atom. The van der Waals surface area contributed by atoms with E-state index in [2.05, 4.69) is 12.2 Å². The van der Waals surface area contributed by atoms with Gasteiger partial charge in [0, 0.05) is 24.7 Å². The first-order valence-electron chi connectivity index (χ1n) is 10.6. The van der Waals surface area contributed by atoms with Gasteiger partial charge in [0.05, 0.1) is 10.8 Å². The molecular weight excluding hydrogens is 414 g/mol. The molecule has 7 nitrogen and oxygen atoms in total. The zero-order valence-electron chi connectivity index (χ0n) is 17.7. The molecule has 1 aliphatic heterocycles. The molecule has 8 heteroatoms. The number of likely N-dealkylation sites (tertiary alicyclic amines) is 1. The van der Waals surface area contributed by atoms with Crippen molar-refractivity contribution in [1.29, 1.82) is 0 Å². The minimum Gasteiger partial charge on any atom is -0.342 e. The van der Waals surface area contributed by atoms with Crippen LogP contribution in [0.25, 0.3) is 0 Å². The zero-order valence-corrected chi connectivity index (χ0v) is 18.5. The summed E-state index contributed by atoms with van der Waals surface area (Å²) >= 11 is 0. The smallest absolute Gasteiger partial charge is 0.238 e. The molecule has 2 amide bonds. The van der Waals surface area contributed by atoms with Crippen molar-refractivity contribution in [2.24, 2.45) is 11.1 Å². The number of carbonyl (C=O) groups excluding carboxylic acids is 2. The van der Waals surface area contributed by atoms with Crippen molar-refractivity contribution < 1.29 is 18.0 Å². The second-order valence-corrected chi connectivity index (χ2v) is 9.47. The van der Waals surface area contributed by atoms with Crippen LogP contribution in [0.5, 0.6) is 0 Å². The Balaban J connectivity index is 1.57. The van der Waals surface area contributed by atoms with Crippen LogP contribution in [0.15, 0.2) is 59.5 Å². The van der Waals surface area contributed by atoms with E-state index in [-0.39, 0.29) is 28.5 Å². The van der Waals surface area contributed by atoms with E-state index in [1.165, 1.54) is 24.3 Å². The molecule has 2 aromatic rings. The number of carbonyl (C=O) groups is 2. The van der Waals surface area contributed by atoms with Gasteiger partial charge in [-0.05, 0) is 49.1 Å². The Labute approximate surface area is 183 Å². The van der Waals surface area contributed by atoms with Crippen LogP contribution in [-0.2, 0) is 19.6 Å². The average Bonchev–Trinajstić information content (AvgIpc) is 2.77. The first-order valence-corrected chi connectivity index (χ1v) is 12.1. The van der Waals surface area contributed by atoms with Crippen LogP contribution < -0.4 is 10.5 Å². The number of sulfonamides is 1. The van der Waals surface area contributed by atoms with E-state index in [0.717, 1.165) is 18.4 Å². The second kappa shape index (κ2) is 10.1. The summed E-state index contributed by atoms with van der Waals surface area (Å²) in [4.78, 5) is 27.6. The van der Waals surface area contributed by atoms with Crippen LogP contribution in [0, 0.1) is 5.92 Å². The topological polar surface area (TPSA) is 110 Å². The van der Waals surface area contributed by atoms with E-state index >= 15 is 0 Å². The molecule has 1 unspecified atom stereocenters. The third-order valence-corrected chi connectivity index (χ3v) is 6.63. The number of piperidine rings is 1. The Hall–Kier alpha value is -2.71. The highest BCUT2D eigenvalue weighted by Crippen LogP contribution is 2.27. The highest BCUT2D eigenvalue weighted by molar-refractivity contribution is 7.89. The molecule has 0 aromatic heterocycles. The molecule has 1 aliphatic rings. The van der Waals surface area contributed by atoms with Crippen LogP contribution in [-0.4, -0.2) is 38.2 Å². The van der Waals surface area contributed by atoms with Crippen LogP contribution in [0.4, 0.5) is 5.69 Å². The summed E-state index contributed by atoms with van der Waals surface area (Å²) in [6.07, 6.45) is 2.92. The molecule has 2 aromatic carbocycles. The van der Waals surface area contributed by atoms with E-state index in [9.17, 15) is 18.0 Å². The maximum absolute atomic E-state index is 13.1. The number of nitrogens with two attached hydrogens (primary N) is 1. The fourth-order valence-corrected chi connectivity index (χ4v) is 4.48. The molecule has 1 saturated heterocycles. The van der Waals surface area contributed by atoms with Crippen molar-refractivity contribution in [3.8, 4) is 0 Å². The number of primary sulfonamides is 1. The van der Waals surface area contributed by atoms with Gasteiger partial charge in [-0.15, -0.1) is 0 Å². The molecular formula is C23H29N3O4S. The summed E-state index contributed by atoms with van der Waals surface area (Å²) in [5.41, 5.74) is 1.56. The fraction of sp³-hybridized carbons (Fsp3) is 0.391. The number of hydrogen-bond donors (Lipinski definition) is 2. The number of amides is 2. The van der Waals surface area contributed by atoms with Crippen molar-refractivity contribution in [1.82, 2.24) is 4.90 Å². The van der Waals surface area contributed by atoms with E-state index in [0.29, 0.717) is 31.6 Å². The summed E-state index contributed by atoms with van der Waals surface area (Å²) in [5.74, 6) is -0.327. The molecule has 3 N–H and O–H groups in total. The predicted molar refractivity (Wildman–Crippen MR) is 120 cm³/mol. The number of nitrogens with one attached hydrogen (secondary N) is 1. The SMILES string of the molecule is CCCC(C(=O)N1CCC(C(=O)Nc2ccc(S(N)(=O)=O)cc2)CC1)c1ccccc1. The summed E-state index contributed by atoms with van der Waals surface area (Å²) in [7, 11) is -3.76. The lowest BCUT2D eigenvalue weighted by atomic mass is 9.90. The third kappa shape index (κ3) is 5.92. The third-order valence-electron chi connectivity index (χ3n) is 5.71. The Kier molecular flexibility index (Phi) is 7.46. The van der Waals surface area contributed by atoms with E-state index in [4.69, 9.17) is 5.14 Å². The lowest BCUT2D eigenvalue weighted by molar-refractivity contribution is -0.136. The number of rotatable bonds is 7. The minimum absolute atomic E-state index is 0.00244. The van der Waals surface area contributed by atoms with Crippen molar-refractivity contribution in [3.05, 3.63) is 60.2 Å². The standard InChI is InChI=1S/C23H29N3O4S/c1-2-6-21(17-7-4-3-5-8-17)23(28)26-15-13-18(14-16-26)22(27)25-19-9-11-20(12-10-19)31(24,29)30/h3-5,7-12,18,21H,2,6,13-16H2,1H3,(H,25,27)(H2,24,29,30). The summed E-state index contributed by atoms with van der Waals surface area (Å²) in [6.45, 7) is 3.18. The molecule has 0 radical (unpaired) electrons. The largest absolute Gasteiger partial charge is 0.342 e. The number of nitrogens with zero attached hydrogens (tertiary/aromatic N) is 1. The summed E-state index contributed by atoms with van der Waals surface area (Å²) < 4.78 is 22.7. The maximum atomic E-state index is 13.1. The second-order valence-electron chi connectivity index (χ2n) is 7.91. The van der Waals surface area contributed by atoms with Gasteiger partial charge in [-0.2, -0.15) is 0 Å². The zero-order chi connectivity index (χ0) is 22.4. The van der Waals surface area contributed by atoms with Gasteiger partial charge in [-0.1, -0.05) is 43.7 Å². The van der Waals surface area contributed by atoms with E-state index in [1.54, 1.807) is 0 Å². The van der Waals surface area contributed by atoms with Crippen molar-refractivity contribution in [3.63, 3.8) is 0 Å². The number of anilines is 1. The normalized spacial score (nSPS) is 16.0. The molecule has 166 valence electrons.